The van der Waals surface area contributed by atoms with Crippen LogP contribution in [0.15, 0.2) is 48.8 Å². The topological polar surface area (TPSA) is 65.2 Å². The van der Waals surface area contributed by atoms with E-state index in [-0.39, 0.29) is 0 Å². The van der Waals surface area contributed by atoms with Crippen molar-refractivity contribution < 1.29 is 9.53 Å². The summed E-state index contributed by atoms with van der Waals surface area (Å²) in [6.07, 6.45) is 2.30. The standard InChI is InChI=1S/C12H10N2O2/c13-12(15)16-11-6-10(7-14-8-11)9-4-2-1-3-5-9/h1-8H,(H2,13,15). The molecule has 0 fully saturated rings. The van der Waals surface area contributed by atoms with Crippen molar-refractivity contribution in [1.29, 1.82) is 0 Å². The fraction of sp³-hybridized carbons (Fsp3) is 0. The van der Waals surface area contributed by atoms with E-state index in [2.05, 4.69) is 4.98 Å². The van der Waals surface area contributed by atoms with Crippen LogP contribution in [0.2, 0.25) is 0 Å². The van der Waals surface area contributed by atoms with Gasteiger partial charge < -0.3 is 10.5 Å². The van der Waals surface area contributed by atoms with Crippen LogP contribution in [0.25, 0.3) is 11.1 Å². The number of benzene rings is 1. The Morgan fingerprint density at radius 2 is 1.88 bits per heavy atom. The number of amides is 1. The number of aromatic nitrogens is 1. The normalized spacial score (nSPS) is 9.75. The summed E-state index contributed by atoms with van der Waals surface area (Å²) in [5, 5.41) is 0. The molecule has 1 aromatic carbocycles. The second-order valence-electron chi connectivity index (χ2n) is 3.20. The monoisotopic (exact) mass is 214 g/mol. The van der Waals surface area contributed by atoms with E-state index in [1.54, 1.807) is 12.3 Å². The van der Waals surface area contributed by atoms with Gasteiger partial charge in [-0.2, -0.15) is 0 Å². The summed E-state index contributed by atoms with van der Waals surface area (Å²) < 4.78 is 4.75. The van der Waals surface area contributed by atoms with Crippen LogP contribution in [0.1, 0.15) is 0 Å². The maximum absolute atomic E-state index is 10.6. The van der Waals surface area contributed by atoms with Gasteiger partial charge in [0.05, 0.1) is 6.20 Å². The Kier molecular flexibility index (Phi) is 2.82. The zero-order chi connectivity index (χ0) is 11.4. The Morgan fingerprint density at radius 1 is 1.12 bits per heavy atom. The first-order chi connectivity index (χ1) is 7.75. The summed E-state index contributed by atoms with van der Waals surface area (Å²) in [6, 6.07) is 11.4. The molecule has 1 aromatic heterocycles. The van der Waals surface area contributed by atoms with Gasteiger partial charge in [0.2, 0.25) is 0 Å². The molecule has 0 radical (unpaired) electrons. The molecule has 16 heavy (non-hydrogen) atoms. The molecule has 4 heteroatoms. The summed E-state index contributed by atoms with van der Waals surface area (Å²) in [6.45, 7) is 0. The second-order valence-corrected chi connectivity index (χ2v) is 3.20. The maximum atomic E-state index is 10.6. The van der Waals surface area contributed by atoms with Crippen LogP contribution in [0.5, 0.6) is 5.75 Å². The quantitative estimate of drug-likeness (QED) is 0.833. The van der Waals surface area contributed by atoms with Gasteiger partial charge in [0.25, 0.3) is 0 Å². The van der Waals surface area contributed by atoms with Crippen molar-refractivity contribution in [2.24, 2.45) is 5.73 Å². The van der Waals surface area contributed by atoms with E-state index in [1.807, 2.05) is 30.3 Å². The molecule has 0 saturated heterocycles. The number of rotatable bonds is 2. The van der Waals surface area contributed by atoms with E-state index < -0.39 is 6.09 Å². The Bertz CT molecular complexity index is 497. The maximum Gasteiger partial charge on any atom is 0.410 e. The Hall–Kier alpha value is -2.36. The molecule has 0 aliphatic heterocycles. The first-order valence-electron chi connectivity index (χ1n) is 4.73. The Labute approximate surface area is 92.7 Å². The summed E-state index contributed by atoms with van der Waals surface area (Å²) in [7, 11) is 0. The number of pyridine rings is 1. The van der Waals surface area contributed by atoms with Gasteiger partial charge >= 0.3 is 6.09 Å². The lowest BCUT2D eigenvalue weighted by molar-refractivity contribution is 0.210. The second kappa shape index (κ2) is 4.44. The van der Waals surface area contributed by atoms with Gasteiger partial charge in [-0.25, -0.2) is 4.79 Å². The fourth-order valence-corrected chi connectivity index (χ4v) is 1.38. The third-order valence-corrected chi connectivity index (χ3v) is 2.04. The minimum Gasteiger partial charge on any atom is -0.409 e. The van der Waals surface area contributed by atoms with Crippen molar-refractivity contribution in [1.82, 2.24) is 4.98 Å². The predicted octanol–water partition coefficient (Wildman–Crippen LogP) is 2.21. The van der Waals surface area contributed by atoms with Gasteiger partial charge in [-0.05, 0) is 11.6 Å². The number of carbonyl (C=O) groups is 1. The third kappa shape index (κ3) is 2.36. The molecule has 0 atom stereocenters. The first kappa shape index (κ1) is 10.2. The smallest absolute Gasteiger partial charge is 0.409 e. The highest BCUT2D eigenvalue weighted by Crippen LogP contribution is 2.21. The van der Waals surface area contributed by atoms with Crippen LogP contribution >= 0.6 is 0 Å². The third-order valence-electron chi connectivity index (χ3n) is 2.04. The summed E-state index contributed by atoms with van der Waals surface area (Å²) >= 11 is 0. The number of ether oxygens (including phenoxy) is 1. The molecule has 0 aliphatic carbocycles. The molecule has 1 heterocycles. The van der Waals surface area contributed by atoms with Gasteiger partial charge in [0, 0.05) is 11.8 Å². The molecule has 0 spiro atoms. The lowest BCUT2D eigenvalue weighted by Crippen LogP contribution is -2.16. The molecule has 4 nitrogen and oxygen atoms in total. The van der Waals surface area contributed by atoms with Crippen LogP contribution in [-0.2, 0) is 0 Å². The molecule has 0 saturated carbocycles. The highest BCUT2D eigenvalue weighted by atomic mass is 16.5. The summed E-state index contributed by atoms with van der Waals surface area (Å²) in [5.74, 6) is 0.342. The van der Waals surface area contributed by atoms with E-state index >= 15 is 0 Å². The summed E-state index contributed by atoms with van der Waals surface area (Å²) in [5.41, 5.74) is 6.80. The highest BCUT2D eigenvalue weighted by molar-refractivity contribution is 5.69. The van der Waals surface area contributed by atoms with Crippen molar-refractivity contribution in [2.45, 2.75) is 0 Å². The van der Waals surface area contributed by atoms with E-state index in [0.29, 0.717) is 5.75 Å². The Balaban J connectivity index is 2.33. The van der Waals surface area contributed by atoms with Gasteiger partial charge in [-0.3, -0.25) is 4.98 Å². The molecule has 2 N–H and O–H groups in total. The van der Waals surface area contributed by atoms with E-state index in [9.17, 15) is 4.79 Å². The highest BCUT2D eigenvalue weighted by Gasteiger charge is 2.02. The largest absolute Gasteiger partial charge is 0.410 e. The zero-order valence-electron chi connectivity index (χ0n) is 8.46. The van der Waals surface area contributed by atoms with Crippen LogP contribution < -0.4 is 10.5 Å². The lowest BCUT2D eigenvalue weighted by Gasteiger charge is -2.03. The van der Waals surface area contributed by atoms with Crippen molar-refractivity contribution in [3.05, 3.63) is 48.8 Å². The molecule has 2 aromatic rings. The van der Waals surface area contributed by atoms with Gasteiger partial charge in [-0.15, -0.1) is 0 Å². The van der Waals surface area contributed by atoms with Crippen LogP contribution in [-0.4, -0.2) is 11.1 Å². The molecule has 0 aliphatic rings. The molecule has 2 rings (SSSR count). The van der Waals surface area contributed by atoms with Crippen molar-refractivity contribution in [3.63, 3.8) is 0 Å². The fourth-order valence-electron chi connectivity index (χ4n) is 1.38. The van der Waals surface area contributed by atoms with E-state index in [0.717, 1.165) is 11.1 Å². The van der Waals surface area contributed by atoms with E-state index in [1.165, 1.54) is 6.20 Å². The van der Waals surface area contributed by atoms with Gasteiger partial charge in [-0.1, -0.05) is 30.3 Å². The molecule has 80 valence electrons. The van der Waals surface area contributed by atoms with Crippen LogP contribution in [0.3, 0.4) is 0 Å². The number of primary amides is 1. The molecule has 0 bridgehead atoms. The van der Waals surface area contributed by atoms with Gasteiger partial charge in [0.15, 0.2) is 5.75 Å². The molecule has 1 amide bonds. The zero-order valence-corrected chi connectivity index (χ0v) is 8.46. The van der Waals surface area contributed by atoms with Crippen molar-refractivity contribution in [2.75, 3.05) is 0 Å². The number of carbonyl (C=O) groups excluding carboxylic acids is 1. The number of nitrogens with zero attached hydrogens (tertiary/aromatic N) is 1. The molecule has 0 unspecified atom stereocenters. The Morgan fingerprint density at radius 3 is 2.56 bits per heavy atom. The van der Waals surface area contributed by atoms with Gasteiger partial charge in [0.1, 0.15) is 0 Å². The average molecular weight is 214 g/mol. The van der Waals surface area contributed by atoms with Crippen LogP contribution in [0, 0.1) is 0 Å². The number of nitrogens with two attached hydrogens (primary N) is 1. The number of hydrogen-bond donors (Lipinski definition) is 1. The SMILES string of the molecule is NC(=O)Oc1cncc(-c2ccccc2)c1. The predicted molar refractivity (Wildman–Crippen MR) is 59.9 cm³/mol. The number of hydrogen-bond acceptors (Lipinski definition) is 3. The summed E-state index contributed by atoms with van der Waals surface area (Å²) in [4.78, 5) is 14.6. The van der Waals surface area contributed by atoms with Crippen molar-refractivity contribution in [3.8, 4) is 16.9 Å². The van der Waals surface area contributed by atoms with E-state index in [4.69, 9.17) is 10.5 Å². The minimum atomic E-state index is -0.841. The first-order valence-corrected chi connectivity index (χ1v) is 4.73. The van der Waals surface area contributed by atoms with Crippen LogP contribution in [0.4, 0.5) is 4.79 Å². The molecular weight excluding hydrogens is 204 g/mol. The lowest BCUT2D eigenvalue weighted by atomic mass is 10.1. The average Bonchev–Trinajstić information content (AvgIpc) is 2.30. The minimum absolute atomic E-state index is 0.342. The molecular formula is C12H10N2O2. The van der Waals surface area contributed by atoms with Crippen molar-refractivity contribution >= 4 is 6.09 Å².